The molecule has 128 valence electrons. The van der Waals surface area contributed by atoms with Gasteiger partial charge in [0.1, 0.15) is 0 Å². The number of sulfonamides is 1. The quantitative estimate of drug-likeness (QED) is 0.867. The number of pyridine rings is 1. The molecule has 0 aliphatic carbocycles. The molecule has 7 heteroatoms. The maximum absolute atomic E-state index is 12.7. The number of carboxylic acids is 1. The fraction of sp³-hybridized carbons (Fsp3) is 0.294. The van der Waals surface area contributed by atoms with E-state index in [2.05, 4.69) is 4.98 Å². The lowest BCUT2D eigenvalue weighted by atomic mass is 9.97. The van der Waals surface area contributed by atoms with Gasteiger partial charge in [0.05, 0.1) is 5.56 Å². The number of benzene rings is 1. The number of carboxylic acid groups (broad SMARTS) is 1. The summed E-state index contributed by atoms with van der Waals surface area (Å²) >= 11 is 0. The third kappa shape index (κ3) is 3.80. The summed E-state index contributed by atoms with van der Waals surface area (Å²) in [7, 11) is -2.42. The van der Waals surface area contributed by atoms with Gasteiger partial charge in [-0.25, -0.2) is 18.2 Å². The second-order valence-electron chi connectivity index (χ2n) is 5.80. The van der Waals surface area contributed by atoms with Crippen molar-refractivity contribution in [1.29, 1.82) is 0 Å². The predicted octanol–water partition coefficient (Wildman–Crippen LogP) is 2.72. The topological polar surface area (TPSA) is 87.6 Å². The van der Waals surface area contributed by atoms with E-state index in [0.717, 1.165) is 17.2 Å². The smallest absolute Gasteiger partial charge is 0.335 e. The van der Waals surface area contributed by atoms with Crippen molar-refractivity contribution in [3.05, 3.63) is 59.3 Å². The summed E-state index contributed by atoms with van der Waals surface area (Å²) in [5, 5.41) is 8.74. The van der Waals surface area contributed by atoms with Gasteiger partial charge in [-0.1, -0.05) is 38.1 Å². The maximum Gasteiger partial charge on any atom is 0.335 e. The van der Waals surface area contributed by atoms with Gasteiger partial charge in [-0.15, -0.1) is 0 Å². The first-order chi connectivity index (χ1) is 11.2. The molecule has 1 aromatic heterocycles. The molecule has 0 radical (unpaired) electrons. The zero-order chi connectivity index (χ0) is 17.9. The van der Waals surface area contributed by atoms with Gasteiger partial charge in [0.15, 0.2) is 5.03 Å². The zero-order valence-corrected chi connectivity index (χ0v) is 14.6. The summed E-state index contributed by atoms with van der Waals surface area (Å²) in [6.07, 6.45) is 1.19. The van der Waals surface area contributed by atoms with Gasteiger partial charge in [0.25, 0.3) is 10.0 Å². The van der Waals surface area contributed by atoms with Crippen molar-refractivity contribution in [3.8, 4) is 0 Å². The standard InChI is InChI=1S/C17H20N2O4S/c1-12(2)15-7-5-4-6-14(15)11-19(3)24(22,23)16-10-13(17(20)21)8-9-18-16/h4-10,12H,11H2,1-3H3,(H,20,21). The Kier molecular flexibility index (Phi) is 5.36. The van der Waals surface area contributed by atoms with Gasteiger partial charge < -0.3 is 5.11 Å². The van der Waals surface area contributed by atoms with Crippen molar-refractivity contribution in [1.82, 2.24) is 9.29 Å². The van der Waals surface area contributed by atoms with Crippen molar-refractivity contribution in [3.63, 3.8) is 0 Å². The minimum atomic E-state index is -3.88. The van der Waals surface area contributed by atoms with Crippen LogP contribution in [0.4, 0.5) is 0 Å². The third-order valence-electron chi connectivity index (χ3n) is 3.73. The second-order valence-corrected chi connectivity index (χ2v) is 7.79. The van der Waals surface area contributed by atoms with Gasteiger partial charge in [-0.05, 0) is 29.2 Å². The van der Waals surface area contributed by atoms with E-state index in [9.17, 15) is 13.2 Å². The van der Waals surface area contributed by atoms with Crippen LogP contribution in [0.2, 0.25) is 0 Å². The molecular weight excluding hydrogens is 328 g/mol. The number of rotatable bonds is 6. The molecule has 0 saturated carbocycles. The Morgan fingerprint density at radius 2 is 1.92 bits per heavy atom. The molecule has 0 atom stereocenters. The molecular formula is C17H20N2O4S. The highest BCUT2D eigenvalue weighted by Gasteiger charge is 2.24. The minimum absolute atomic E-state index is 0.112. The number of nitrogens with zero attached hydrogens (tertiary/aromatic N) is 2. The number of hydrogen-bond acceptors (Lipinski definition) is 4. The first-order valence-corrected chi connectivity index (χ1v) is 8.91. The molecule has 0 unspecified atom stereocenters. The molecule has 1 aromatic carbocycles. The van der Waals surface area contributed by atoms with Crippen molar-refractivity contribution < 1.29 is 18.3 Å². The van der Waals surface area contributed by atoms with Crippen LogP contribution in [0.3, 0.4) is 0 Å². The Morgan fingerprint density at radius 1 is 1.25 bits per heavy atom. The first kappa shape index (κ1) is 18.1. The van der Waals surface area contributed by atoms with E-state index < -0.39 is 16.0 Å². The maximum atomic E-state index is 12.7. The summed E-state index contributed by atoms with van der Waals surface area (Å²) in [5.74, 6) is -0.924. The van der Waals surface area contributed by atoms with Crippen molar-refractivity contribution in [2.24, 2.45) is 0 Å². The molecule has 0 aliphatic heterocycles. The number of aromatic carboxylic acids is 1. The van der Waals surface area contributed by atoms with Crippen LogP contribution in [0.25, 0.3) is 0 Å². The molecule has 0 aliphatic rings. The molecule has 0 fully saturated rings. The van der Waals surface area contributed by atoms with Crippen molar-refractivity contribution in [2.75, 3.05) is 7.05 Å². The molecule has 0 saturated heterocycles. The Balaban J connectivity index is 2.34. The summed E-state index contributed by atoms with van der Waals surface area (Å²) in [5.41, 5.74) is 1.87. The summed E-state index contributed by atoms with van der Waals surface area (Å²) in [6, 6.07) is 9.99. The van der Waals surface area contributed by atoms with Gasteiger partial charge in [-0.3, -0.25) is 0 Å². The Labute approximate surface area is 141 Å². The molecule has 6 nitrogen and oxygen atoms in total. The van der Waals surface area contributed by atoms with Crippen LogP contribution in [0.15, 0.2) is 47.6 Å². The minimum Gasteiger partial charge on any atom is -0.478 e. The number of aromatic nitrogens is 1. The van der Waals surface area contributed by atoms with Crippen LogP contribution in [-0.4, -0.2) is 35.8 Å². The predicted molar refractivity (Wildman–Crippen MR) is 90.4 cm³/mol. The highest BCUT2D eigenvalue weighted by Crippen LogP contribution is 2.22. The largest absolute Gasteiger partial charge is 0.478 e. The third-order valence-corrected chi connectivity index (χ3v) is 5.43. The lowest BCUT2D eigenvalue weighted by Crippen LogP contribution is -2.28. The molecule has 0 spiro atoms. The average molecular weight is 348 g/mol. The lowest BCUT2D eigenvalue weighted by Gasteiger charge is -2.20. The molecule has 0 bridgehead atoms. The van der Waals surface area contributed by atoms with Crippen LogP contribution in [0.1, 0.15) is 41.3 Å². The van der Waals surface area contributed by atoms with E-state index in [-0.39, 0.29) is 23.1 Å². The van der Waals surface area contributed by atoms with Gasteiger partial charge in [0, 0.05) is 19.8 Å². The van der Waals surface area contributed by atoms with E-state index in [1.54, 1.807) is 0 Å². The van der Waals surface area contributed by atoms with Crippen LogP contribution in [-0.2, 0) is 16.6 Å². The van der Waals surface area contributed by atoms with Gasteiger partial charge in [0.2, 0.25) is 0 Å². The van der Waals surface area contributed by atoms with E-state index >= 15 is 0 Å². The van der Waals surface area contributed by atoms with Crippen LogP contribution in [0, 0.1) is 0 Å². The second kappa shape index (κ2) is 7.11. The highest BCUT2D eigenvalue weighted by molar-refractivity contribution is 7.89. The fourth-order valence-corrected chi connectivity index (χ4v) is 3.51. The zero-order valence-electron chi connectivity index (χ0n) is 13.8. The summed E-state index contributed by atoms with van der Waals surface area (Å²) in [6.45, 7) is 4.28. The molecule has 0 amide bonds. The van der Waals surface area contributed by atoms with E-state index in [4.69, 9.17) is 5.11 Å². The average Bonchev–Trinajstić information content (AvgIpc) is 2.55. The van der Waals surface area contributed by atoms with Crippen molar-refractivity contribution in [2.45, 2.75) is 31.3 Å². The fourth-order valence-electron chi connectivity index (χ4n) is 2.41. The van der Waals surface area contributed by atoms with Crippen LogP contribution >= 0.6 is 0 Å². The number of hydrogen-bond donors (Lipinski definition) is 1. The SMILES string of the molecule is CC(C)c1ccccc1CN(C)S(=O)(=O)c1cc(C(=O)O)ccn1. The first-order valence-electron chi connectivity index (χ1n) is 7.47. The summed E-state index contributed by atoms with van der Waals surface area (Å²) in [4.78, 5) is 14.8. The Morgan fingerprint density at radius 3 is 2.54 bits per heavy atom. The highest BCUT2D eigenvalue weighted by atomic mass is 32.2. The van der Waals surface area contributed by atoms with Crippen LogP contribution in [0.5, 0.6) is 0 Å². The van der Waals surface area contributed by atoms with E-state index in [0.29, 0.717) is 0 Å². The number of carbonyl (C=O) groups is 1. The molecule has 1 N–H and O–H groups in total. The normalized spacial score (nSPS) is 11.9. The summed E-state index contributed by atoms with van der Waals surface area (Å²) < 4.78 is 26.5. The Bertz CT molecular complexity index is 847. The monoisotopic (exact) mass is 348 g/mol. The van der Waals surface area contributed by atoms with Crippen LogP contribution < -0.4 is 0 Å². The van der Waals surface area contributed by atoms with Gasteiger partial charge >= 0.3 is 5.97 Å². The van der Waals surface area contributed by atoms with E-state index in [1.807, 2.05) is 38.1 Å². The molecule has 2 aromatic rings. The molecule has 24 heavy (non-hydrogen) atoms. The van der Waals surface area contributed by atoms with E-state index in [1.165, 1.54) is 23.6 Å². The molecule has 1 heterocycles. The van der Waals surface area contributed by atoms with Gasteiger partial charge in [-0.2, -0.15) is 4.31 Å². The van der Waals surface area contributed by atoms with Crippen molar-refractivity contribution >= 4 is 16.0 Å². The lowest BCUT2D eigenvalue weighted by molar-refractivity contribution is 0.0696. The molecule has 2 rings (SSSR count). The Hall–Kier alpha value is -2.25.